The number of fused-ring (bicyclic) bond motifs is 2. The summed E-state index contributed by atoms with van der Waals surface area (Å²) in [6, 6.07) is 6.23. The first kappa shape index (κ1) is 23.8. The lowest BCUT2D eigenvalue weighted by molar-refractivity contribution is -0.312. The number of carbonyl (C=O) groups excluding carboxylic acids is 2. The summed E-state index contributed by atoms with van der Waals surface area (Å²) in [5.74, 6) is -1.32. The second-order valence-electron chi connectivity index (χ2n) is 9.45. The molecule has 2 heterocycles. The number of pyridine rings is 1. The number of carboxylic acids is 1. The number of rotatable bonds is 2. The van der Waals surface area contributed by atoms with E-state index in [1.165, 1.54) is 4.90 Å². The molecule has 0 radical (unpaired) electrons. The molecule has 4 rings (SSSR count). The van der Waals surface area contributed by atoms with Gasteiger partial charge in [-0.2, -0.15) is 0 Å². The highest BCUT2D eigenvalue weighted by atomic mass is 35.5. The zero-order valence-electron chi connectivity index (χ0n) is 18.8. The molecule has 0 saturated carbocycles. The highest BCUT2D eigenvalue weighted by Gasteiger charge is 2.39. The van der Waals surface area contributed by atoms with E-state index in [9.17, 15) is 14.7 Å². The van der Waals surface area contributed by atoms with Crippen molar-refractivity contribution < 1.29 is 19.4 Å². The summed E-state index contributed by atoms with van der Waals surface area (Å²) < 4.78 is 5.43. The highest BCUT2D eigenvalue weighted by molar-refractivity contribution is 6.30. The number of aryl methyl sites for hydroxylation is 2. The van der Waals surface area contributed by atoms with E-state index in [4.69, 9.17) is 27.9 Å². The third kappa shape index (κ3) is 5.10. The molecule has 1 aromatic carbocycles. The molecule has 9 heteroatoms. The number of carboxylic acid groups (broad SMARTS) is 1. The van der Waals surface area contributed by atoms with Crippen LogP contribution in [0.1, 0.15) is 49.2 Å². The molecular formula is C24H26Cl2N3O4-. The van der Waals surface area contributed by atoms with Gasteiger partial charge in [0, 0.05) is 30.9 Å². The van der Waals surface area contributed by atoms with Crippen LogP contribution in [0, 0.1) is 0 Å². The molecule has 1 saturated heterocycles. The summed E-state index contributed by atoms with van der Waals surface area (Å²) in [5.41, 5.74) is 3.23. The topological polar surface area (TPSA) is 85.8 Å². The van der Waals surface area contributed by atoms with Crippen LogP contribution < -0.4 is 5.11 Å². The van der Waals surface area contributed by atoms with Crippen molar-refractivity contribution in [1.29, 1.82) is 0 Å². The van der Waals surface area contributed by atoms with Crippen LogP contribution in [0.15, 0.2) is 30.5 Å². The summed E-state index contributed by atoms with van der Waals surface area (Å²) in [4.78, 5) is 32.7. The molecule has 2 aliphatic rings. The first-order valence-electron chi connectivity index (χ1n) is 10.9. The predicted octanol–water partition coefficient (Wildman–Crippen LogP) is 3.25. The Labute approximate surface area is 203 Å². The fourth-order valence-corrected chi connectivity index (χ4v) is 4.94. The zero-order valence-corrected chi connectivity index (χ0v) is 20.3. The summed E-state index contributed by atoms with van der Waals surface area (Å²) in [5, 5.41) is 13.3. The van der Waals surface area contributed by atoms with Crippen LogP contribution in [0.25, 0.3) is 0 Å². The van der Waals surface area contributed by atoms with Crippen LogP contribution in [0.2, 0.25) is 10.0 Å². The van der Waals surface area contributed by atoms with Gasteiger partial charge in [0.15, 0.2) is 0 Å². The average molecular weight is 491 g/mol. The Kier molecular flexibility index (Phi) is 6.58. The number of hydrogen-bond donors (Lipinski definition) is 0. The van der Waals surface area contributed by atoms with Crippen LogP contribution in [0.4, 0.5) is 4.79 Å². The molecule has 7 nitrogen and oxygen atoms in total. The second kappa shape index (κ2) is 9.12. The zero-order chi connectivity index (χ0) is 23.9. The first-order valence-corrected chi connectivity index (χ1v) is 11.7. The fraction of sp³-hybridized carbons (Fsp3) is 0.458. The molecular weight excluding hydrogens is 465 g/mol. The molecule has 0 N–H and O–H groups in total. The molecule has 1 aliphatic carbocycles. The van der Waals surface area contributed by atoms with Gasteiger partial charge >= 0.3 is 6.09 Å². The molecule has 1 amide bonds. The lowest BCUT2D eigenvalue weighted by Crippen LogP contribution is -2.62. The van der Waals surface area contributed by atoms with E-state index in [1.807, 2.05) is 29.2 Å². The van der Waals surface area contributed by atoms with Crippen LogP contribution in [-0.2, 0) is 22.4 Å². The lowest BCUT2D eigenvalue weighted by atomic mass is 9.95. The number of benzene rings is 1. The Balaban J connectivity index is 1.71. The van der Waals surface area contributed by atoms with Crippen LogP contribution in [-0.4, -0.2) is 58.1 Å². The molecule has 1 aromatic heterocycles. The van der Waals surface area contributed by atoms with Gasteiger partial charge in [0.05, 0.1) is 28.8 Å². The normalized spacial score (nSPS) is 21.1. The van der Waals surface area contributed by atoms with E-state index in [0.29, 0.717) is 16.6 Å². The van der Waals surface area contributed by atoms with Crippen LogP contribution in [0.5, 0.6) is 0 Å². The maximum atomic E-state index is 12.7. The molecule has 176 valence electrons. The van der Waals surface area contributed by atoms with Gasteiger partial charge in [-0.15, -0.1) is 0 Å². The Morgan fingerprint density at radius 1 is 1.09 bits per heavy atom. The van der Waals surface area contributed by atoms with Crippen molar-refractivity contribution in [2.75, 3.05) is 19.6 Å². The summed E-state index contributed by atoms with van der Waals surface area (Å²) in [6.07, 6.45) is 2.47. The molecule has 1 aliphatic heterocycles. The maximum Gasteiger partial charge on any atom is 0.410 e. The number of aliphatic carboxylic acids is 1. The van der Waals surface area contributed by atoms with Crippen molar-refractivity contribution in [2.24, 2.45) is 0 Å². The van der Waals surface area contributed by atoms with Gasteiger partial charge in [0.25, 0.3) is 0 Å². The number of amides is 1. The largest absolute Gasteiger partial charge is 0.548 e. The van der Waals surface area contributed by atoms with Gasteiger partial charge in [-0.3, -0.25) is 14.8 Å². The molecule has 0 bridgehead atoms. The van der Waals surface area contributed by atoms with Gasteiger partial charge in [-0.25, -0.2) is 4.79 Å². The number of piperazine rings is 1. The third-order valence-corrected chi connectivity index (χ3v) is 6.41. The van der Waals surface area contributed by atoms with Crippen LogP contribution in [0.3, 0.4) is 0 Å². The van der Waals surface area contributed by atoms with Gasteiger partial charge in [0.1, 0.15) is 5.60 Å². The quantitative estimate of drug-likeness (QED) is 0.642. The monoisotopic (exact) mass is 490 g/mol. The van der Waals surface area contributed by atoms with E-state index in [0.717, 1.165) is 35.2 Å². The minimum atomic E-state index is -1.32. The number of halogens is 2. The van der Waals surface area contributed by atoms with E-state index in [-0.39, 0.29) is 19.1 Å². The maximum absolute atomic E-state index is 12.7. The van der Waals surface area contributed by atoms with Crippen molar-refractivity contribution in [3.05, 3.63) is 62.9 Å². The van der Waals surface area contributed by atoms with Crippen LogP contribution >= 0.6 is 23.2 Å². The SMILES string of the molecule is CC(C)(C)OC(=O)N1CCN(C2c3ccc(Cl)cc3CCc3cc(Cl)cnc32)C[C@@H]1C(=O)[O-]. The minimum Gasteiger partial charge on any atom is -0.548 e. The number of nitrogens with zero attached hydrogens (tertiary/aromatic N) is 3. The summed E-state index contributed by atoms with van der Waals surface area (Å²) >= 11 is 12.5. The highest BCUT2D eigenvalue weighted by Crippen LogP contribution is 2.38. The number of ether oxygens (including phenoxy) is 1. The van der Waals surface area contributed by atoms with E-state index < -0.39 is 23.7 Å². The molecule has 1 fully saturated rings. The van der Waals surface area contributed by atoms with E-state index in [2.05, 4.69) is 4.98 Å². The Hall–Kier alpha value is -2.35. The van der Waals surface area contributed by atoms with E-state index >= 15 is 0 Å². The van der Waals surface area contributed by atoms with Gasteiger partial charge in [0.2, 0.25) is 0 Å². The fourth-order valence-electron chi connectivity index (χ4n) is 4.56. The lowest BCUT2D eigenvalue weighted by Gasteiger charge is -2.45. The number of aromatic nitrogens is 1. The molecule has 2 aromatic rings. The van der Waals surface area contributed by atoms with Gasteiger partial charge < -0.3 is 14.6 Å². The van der Waals surface area contributed by atoms with Crippen molar-refractivity contribution in [1.82, 2.24) is 14.8 Å². The summed E-state index contributed by atoms with van der Waals surface area (Å²) in [7, 11) is 0. The third-order valence-electron chi connectivity index (χ3n) is 5.97. The predicted molar refractivity (Wildman–Crippen MR) is 123 cm³/mol. The molecule has 0 spiro atoms. The Bertz CT molecular complexity index is 1030. The Morgan fingerprint density at radius 2 is 1.79 bits per heavy atom. The number of carbonyl (C=O) groups is 2. The minimum absolute atomic E-state index is 0.0814. The average Bonchev–Trinajstić information content (AvgIpc) is 2.88. The smallest absolute Gasteiger partial charge is 0.410 e. The van der Waals surface area contributed by atoms with Crippen molar-refractivity contribution in [3.8, 4) is 0 Å². The van der Waals surface area contributed by atoms with E-state index in [1.54, 1.807) is 27.0 Å². The first-order chi connectivity index (χ1) is 15.5. The van der Waals surface area contributed by atoms with Gasteiger partial charge in [-0.05, 0) is 68.5 Å². The van der Waals surface area contributed by atoms with Crippen molar-refractivity contribution in [3.63, 3.8) is 0 Å². The number of hydrogen-bond acceptors (Lipinski definition) is 6. The molecule has 1 unspecified atom stereocenters. The molecule has 33 heavy (non-hydrogen) atoms. The Morgan fingerprint density at radius 3 is 2.48 bits per heavy atom. The van der Waals surface area contributed by atoms with Gasteiger partial charge in [-0.1, -0.05) is 29.3 Å². The van der Waals surface area contributed by atoms with Crippen molar-refractivity contribution in [2.45, 2.75) is 51.3 Å². The summed E-state index contributed by atoms with van der Waals surface area (Å²) in [6.45, 7) is 5.96. The molecule has 2 atom stereocenters. The standard InChI is InChI=1S/C24H27Cl2N3O4/c1-24(2,3)33-23(32)29-9-8-28(13-19(29)22(30)31)21-18-7-6-16(25)10-14(18)4-5-15-11-17(26)12-27-20(15)21/h6-7,10-12,19,21H,4-5,8-9,13H2,1-3H3,(H,30,31)/p-1/t19-,21?/m1/s1. The second-order valence-corrected chi connectivity index (χ2v) is 10.3. The van der Waals surface area contributed by atoms with Crippen molar-refractivity contribution >= 4 is 35.3 Å².